The van der Waals surface area contributed by atoms with Gasteiger partial charge in [-0.05, 0) is 54.8 Å². The number of hydrogen-bond acceptors (Lipinski definition) is 5. The van der Waals surface area contributed by atoms with E-state index in [1.807, 2.05) is 58.1 Å². The number of aromatic nitrogens is 2. The summed E-state index contributed by atoms with van der Waals surface area (Å²) in [6.07, 6.45) is 8.39. The van der Waals surface area contributed by atoms with Crippen LogP contribution in [0.1, 0.15) is 29.3 Å². The molecule has 0 radical (unpaired) electrons. The minimum absolute atomic E-state index is 0.247. The van der Waals surface area contributed by atoms with Gasteiger partial charge in [0, 0.05) is 19.3 Å². The zero-order valence-electron chi connectivity index (χ0n) is 18.5. The Labute approximate surface area is 191 Å². The Bertz CT molecular complexity index is 1250. The van der Waals surface area contributed by atoms with E-state index in [4.69, 9.17) is 4.74 Å². The van der Waals surface area contributed by atoms with Crippen LogP contribution in [-0.4, -0.2) is 51.5 Å². The number of nitrogens with zero attached hydrogens (tertiary/aromatic N) is 5. The predicted octanol–water partition coefficient (Wildman–Crippen LogP) is 3.94. The highest BCUT2D eigenvalue weighted by atomic mass is 19.1. The number of benzene rings is 2. The van der Waals surface area contributed by atoms with Gasteiger partial charge in [0.05, 0.1) is 24.8 Å². The fourth-order valence-corrected chi connectivity index (χ4v) is 4.32. The van der Waals surface area contributed by atoms with Crippen molar-refractivity contribution >= 4 is 17.8 Å². The van der Waals surface area contributed by atoms with E-state index < -0.39 is 6.04 Å². The summed E-state index contributed by atoms with van der Waals surface area (Å²) in [7, 11) is 1.64. The minimum atomic E-state index is -0.525. The van der Waals surface area contributed by atoms with E-state index in [2.05, 4.69) is 9.98 Å². The van der Waals surface area contributed by atoms with Gasteiger partial charge in [-0.15, -0.1) is 0 Å². The fraction of sp³-hybridized carbons (Fsp3) is 0.240. The summed E-state index contributed by atoms with van der Waals surface area (Å²) in [4.78, 5) is 21.6. The molecule has 0 spiro atoms. The van der Waals surface area contributed by atoms with Crippen LogP contribution in [0.5, 0.6) is 5.75 Å². The number of carbonyl (C=O) groups is 1. The van der Waals surface area contributed by atoms with Crippen molar-refractivity contribution in [3.8, 4) is 11.4 Å². The van der Waals surface area contributed by atoms with Crippen LogP contribution in [0.2, 0.25) is 0 Å². The van der Waals surface area contributed by atoms with Gasteiger partial charge in [0.1, 0.15) is 23.4 Å². The van der Waals surface area contributed by atoms with Crippen LogP contribution in [0.15, 0.2) is 66.1 Å². The number of carbonyl (C=O) groups excluding carboxylic acids is 1. The van der Waals surface area contributed by atoms with Crippen LogP contribution in [0.4, 0.5) is 4.39 Å². The molecular formula is C25H24FN5O2. The molecule has 7 nitrogen and oxygen atoms in total. The van der Waals surface area contributed by atoms with Crippen LogP contribution < -0.4 is 4.74 Å². The van der Waals surface area contributed by atoms with Crippen molar-refractivity contribution in [2.75, 3.05) is 20.2 Å². The number of aryl methyl sites for hydroxylation is 1. The van der Waals surface area contributed by atoms with Crippen molar-refractivity contribution in [3.63, 3.8) is 0 Å². The van der Waals surface area contributed by atoms with Crippen molar-refractivity contribution in [2.45, 2.75) is 19.4 Å². The lowest BCUT2D eigenvalue weighted by atomic mass is 10.0. The number of fused-ring (bicyclic) bond motifs is 1. The molecule has 33 heavy (non-hydrogen) atoms. The van der Waals surface area contributed by atoms with E-state index in [1.54, 1.807) is 25.6 Å². The first-order valence-electron chi connectivity index (χ1n) is 10.8. The summed E-state index contributed by atoms with van der Waals surface area (Å²) >= 11 is 0. The number of ether oxygens (including phenoxy) is 1. The smallest absolute Gasteiger partial charge is 0.271 e. The number of halogens is 1. The van der Waals surface area contributed by atoms with Crippen LogP contribution in [0.3, 0.4) is 0 Å². The lowest BCUT2D eigenvalue weighted by Crippen LogP contribution is -2.49. The number of amidine groups is 1. The Balaban J connectivity index is 1.42. The van der Waals surface area contributed by atoms with Gasteiger partial charge in [-0.2, -0.15) is 4.99 Å². The number of rotatable bonds is 5. The molecule has 8 heteroatoms. The second-order valence-corrected chi connectivity index (χ2v) is 8.09. The molecule has 168 valence electrons. The van der Waals surface area contributed by atoms with Crippen LogP contribution in [0.25, 0.3) is 11.8 Å². The van der Waals surface area contributed by atoms with Gasteiger partial charge in [-0.25, -0.2) is 14.4 Å². The second-order valence-electron chi connectivity index (χ2n) is 8.09. The molecule has 1 amide bonds. The third kappa shape index (κ3) is 4.05. The van der Waals surface area contributed by atoms with Crippen LogP contribution >= 0.6 is 0 Å². The molecule has 5 rings (SSSR count). The van der Waals surface area contributed by atoms with Crippen molar-refractivity contribution in [2.24, 2.45) is 4.99 Å². The van der Waals surface area contributed by atoms with E-state index in [1.165, 1.54) is 12.1 Å². The first kappa shape index (κ1) is 21.1. The summed E-state index contributed by atoms with van der Waals surface area (Å²) in [5.41, 5.74) is 3.49. The van der Waals surface area contributed by atoms with Crippen LogP contribution in [0, 0.1) is 12.7 Å². The first-order valence-corrected chi connectivity index (χ1v) is 10.8. The lowest BCUT2D eigenvalue weighted by Gasteiger charge is -2.38. The Hall–Kier alpha value is -3.78. The maximum atomic E-state index is 13.4. The van der Waals surface area contributed by atoms with Gasteiger partial charge in [-0.3, -0.25) is 9.80 Å². The van der Waals surface area contributed by atoms with E-state index in [0.29, 0.717) is 5.84 Å². The van der Waals surface area contributed by atoms with Gasteiger partial charge < -0.3 is 9.30 Å². The number of amides is 1. The van der Waals surface area contributed by atoms with Crippen molar-refractivity contribution in [1.29, 1.82) is 0 Å². The predicted molar refractivity (Wildman–Crippen MR) is 123 cm³/mol. The molecule has 2 aliphatic heterocycles. The van der Waals surface area contributed by atoms with Gasteiger partial charge in [0.15, 0.2) is 0 Å². The van der Waals surface area contributed by atoms with Crippen molar-refractivity contribution in [3.05, 3.63) is 83.7 Å². The summed E-state index contributed by atoms with van der Waals surface area (Å²) in [6.45, 7) is 3.46. The molecule has 0 aliphatic carbocycles. The Morgan fingerprint density at radius 3 is 2.67 bits per heavy atom. The highest BCUT2D eigenvalue weighted by molar-refractivity contribution is 6.06. The Kier molecular flexibility index (Phi) is 5.51. The second kappa shape index (κ2) is 8.63. The quantitative estimate of drug-likeness (QED) is 0.595. The number of hydrogen-bond donors (Lipinski definition) is 0. The molecule has 1 fully saturated rings. The van der Waals surface area contributed by atoms with E-state index in [0.717, 1.165) is 47.8 Å². The highest BCUT2D eigenvalue weighted by Crippen LogP contribution is 2.32. The van der Waals surface area contributed by atoms with Crippen LogP contribution in [-0.2, 0) is 4.79 Å². The summed E-state index contributed by atoms with van der Waals surface area (Å²) < 4.78 is 20.9. The molecule has 0 N–H and O–H groups in total. The third-order valence-corrected chi connectivity index (χ3v) is 5.89. The third-order valence-electron chi connectivity index (χ3n) is 5.89. The molecule has 1 aromatic heterocycles. The minimum Gasteiger partial charge on any atom is -0.495 e. The van der Waals surface area contributed by atoms with E-state index in [9.17, 15) is 9.18 Å². The summed E-state index contributed by atoms with van der Waals surface area (Å²) in [5, 5.41) is 4.05. The average molecular weight is 445 g/mol. The standard InChI is InChI=1S/C25H24FN5O2/c1-17-15-29(16-27-17)21-10-4-18(14-22(21)33-2)5-11-23-28-25(32)24(31-13-3-12-30(23)31)19-6-8-20(26)9-7-19/h4-11,14-16,24H,3,12-13H2,1-2H3. The number of hydrazine groups is 1. The maximum Gasteiger partial charge on any atom is 0.271 e. The summed E-state index contributed by atoms with van der Waals surface area (Å²) in [5.74, 6) is 0.749. The van der Waals surface area contributed by atoms with E-state index >= 15 is 0 Å². The SMILES string of the molecule is COc1cc(C=CC2=NC(=O)C(c3ccc(F)cc3)N3CCCN23)ccc1-n1cnc(C)c1. The van der Waals surface area contributed by atoms with E-state index in [-0.39, 0.29) is 11.7 Å². The molecule has 2 aromatic carbocycles. The van der Waals surface area contributed by atoms with Gasteiger partial charge in [0.25, 0.3) is 5.91 Å². The van der Waals surface area contributed by atoms with Gasteiger partial charge >= 0.3 is 0 Å². The molecule has 3 heterocycles. The first-order chi connectivity index (χ1) is 16.0. The number of methoxy groups -OCH3 is 1. The Morgan fingerprint density at radius 1 is 1.12 bits per heavy atom. The van der Waals surface area contributed by atoms with Crippen molar-refractivity contribution < 1.29 is 13.9 Å². The molecule has 0 saturated carbocycles. The monoisotopic (exact) mass is 445 g/mol. The normalized spacial score (nSPS) is 18.6. The molecular weight excluding hydrogens is 421 g/mol. The van der Waals surface area contributed by atoms with Crippen molar-refractivity contribution in [1.82, 2.24) is 19.6 Å². The Morgan fingerprint density at radius 2 is 1.94 bits per heavy atom. The highest BCUT2D eigenvalue weighted by Gasteiger charge is 2.39. The largest absolute Gasteiger partial charge is 0.495 e. The molecule has 0 bridgehead atoms. The van der Waals surface area contributed by atoms with Gasteiger partial charge in [0.2, 0.25) is 0 Å². The molecule has 1 unspecified atom stereocenters. The maximum absolute atomic E-state index is 13.4. The zero-order chi connectivity index (χ0) is 22.9. The molecule has 2 aliphatic rings. The fourth-order valence-electron chi connectivity index (χ4n) is 4.32. The average Bonchev–Trinajstić information content (AvgIpc) is 3.47. The number of imidazole rings is 1. The molecule has 1 atom stereocenters. The summed E-state index contributed by atoms with van der Waals surface area (Å²) in [6, 6.07) is 11.4. The number of aliphatic imine (C=N–C) groups is 1. The van der Waals surface area contributed by atoms with Gasteiger partial charge in [-0.1, -0.05) is 24.3 Å². The topological polar surface area (TPSA) is 63.0 Å². The molecule has 1 saturated heterocycles. The molecule has 3 aromatic rings. The lowest BCUT2D eigenvalue weighted by molar-refractivity contribution is -0.129. The zero-order valence-corrected chi connectivity index (χ0v) is 18.5.